The second kappa shape index (κ2) is 48.3. The molecule has 0 heterocycles. The molecule has 66 heavy (non-hydrogen) atoms. The van der Waals surface area contributed by atoms with Crippen molar-refractivity contribution < 1.29 is 9.90 Å². The van der Waals surface area contributed by atoms with E-state index >= 15 is 0 Å². The van der Waals surface area contributed by atoms with Crippen molar-refractivity contribution in [2.45, 2.75) is 282 Å². The Hall–Kier alpha value is 2.38. The third kappa shape index (κ3) is 57.3. The van der Waals surface area contributed by atoms with E-state index < -0.39 is 107 Å². The van der Waals surface area contributed by atoms with Crippen LogP contribution in [0.1, 0.15) is 191 Å². The van der Waals surface area contributed by atoms with Crippen molar-refractivity contribution in [2.75, 3.05) is 0 Å². The molecule has 0 spiro atoms. The van der Waals surface area contributed by atoms with E-state index in [1.165, 1.54) is 135 Å². The van der Waals surface area contributed by atoms with Crippen LogP contribution in [-0.4, -0.2) is 107 Å². The molecule has 0 amide bonds. The molecule has 0 aromatic heterocycles. The molecule has 1 aliphatic carbocycles. The molecular weight excluding hydrogens is 1350 g/mol. The molecule has 0 radical (unpaired) electrons. The Bertz CT molecular complexity index is 1200. The molecular formula is C58H124O2SiSn5. The van der Waals surface area contributed by atoms with Crippen LogP contribution in [0.15, 0.2) is 51.4 Å². The summed E-state index contributed by atoms with van der Waals surface area (Å²) in [5, 5.41) is 11.1. The van der Waals surface area contributed by atoms with Gasteiger partial charge in [-0.05, 0) is 0 Å². The van der Waals surface area contributed by atoms with Crippen LogP contribution in [0, 0.1) is 0 Å². The number of hydrogen-bond donors (Lipinski definition) is 0. The predicted octanol–water partition coefficient (Wildman–Crippen LogP) is 20.8. The van der Waals surface area contributed by atoms with Gasteiger partial charge in [-0.25, -0.2) is 0 Å². The zero-order valence-corrected chi connectivity index (χ0v) is 64.9. The fraction of sp³-hybridized carbons (Fsp3) is 0.810. The SMILES string of the molecule is C=C[Si](C)(C)C.CC=[C](C)[Sn]([CH3])([CH3])[CH3].CCCCC=[CH][Sn]([CH3])([CH3])[CH3].CCC[CH2][Sn+]([CH2]CCC)[CH2]CCC.CCC[CH2][Sn]([CH]=C(C)C(=O)[O-])([CH2]CCC)[CH2]CCC.[CH3][Sn]([CH3])([CH3])[C]1=CCCCC1. The Labute approximate surface area is 444 Å². The molecule has 0 N–H and O–H groups in total. The van der Waals surface area contributed by atoms with Gasteiger partial charge in [0.1, 0.15) is 0 Å². The van der Waals surface area contributed by atoms with Crippen LogP contribution >= 0.6 is 0 Å². The van der Waals surface area contributed by atoms with Gasteiger partial charge < -0.3 is 0 Å². The summed E-state index contributed by atoms with van der Waals surface area (Å²) < 4.78 is 17.2. The number of aliphatic carboxylic acids is 1. The van der Waals surface area contributed by atoms with Crippen molar-refractivity contribution in [1.82, 2.24) is 0 Å². The van der Waals surface area contributed by atoms with Crippen LogP contribution in [0.25, 0.3) is 0 Å². The average molecular weight is 1480 g/mol. The molecule has 0 atom stereocenters. The monoisotopic (exact) mass is 1480 g/mol. The summed E-state index contributed by atoms with van der Waals surface area (Å²) in [5.74, 6) is -0.967. The molecule has 1 aliphatic rings. The number of allylic oxidation sites excluding steroid dienone is 5. The summed E-state index contributed by atoms with van der Waals surface area (Å²) in [5.41, 5.74) is 2.58. The molecule has 0 bridgehead atoms. The number of unbranched alkanes of at least 4 members (excludes halogenated alkanes) is 8. The van der Waals surface area contributed by atoms with Crippen molar-refractivity contribution in [3.05, 3.63) is 51.4 Å². The van der Waals surface area contributed by atoms with E-state index in [0.717, 1.165) is 0 Å². The van der Waals surface area contributed by atoms with E-state index in [4.69, 9.17) is 0 Å². The van der Waals surface area contributed by atoms with Gasteiger partial charge in [0.05, 0.1) is 8.07 Å². The number of carbonyl (C=O) groups excluding carboxylic acids is 1. The minimum absolute atomic E-state index is 0.499. The van der Waals surface area contributed by atoms with E-state index in [9.17, 15) is 9.90 Å². The standard InChI is InChI=1S/C6H9.C6H11.C5H12Si.C4H5O2.6C4H9.C4H7.9CH3.5Sn/c1-2-4-6-5-3-1;1-3-5-6-4-2;1-5-6(2,3)4;1-3(2)4(5)6;7*1-3-4-2;;;;;;;;;;;;;;/h1H,2,4-6H2;1,3H,4-6H2,2H3;5H,1H2,2-4H3;1H,2H3,(H,5,6);6*1,3-4H2,2H3;3H,1-2H3;9*1H3;;;;;/q;;;;;;;;;;;;;;;;;;;;;;;;+1/p-1. The number of carboxylic acids is 1. The molecule has 0 fully saturated rings. The van der Waals surface area contributed by atoms with Crippen LogP contribution < -0.4 is 5.11 Å². The van der Waals surface area contributed by atoms with Gasteiger partial charge in [-0.3, -0.25) is 0 Å². The summed E-state index contributed by atoms with van der Waals surface area (Å²) in [6.45, 7) is 32.5. The molecule has 8 heteroatoms. The van der Waals surface area contributed by atoms with E-state index in [2.05, 4.69) is 165 Å². The molecule has 2 nitrogen and oxygen atoms in total. The van der Waals surface area contributed by atoms with Gasteiger partial charge in [0.2, 0.25) is 0 Å². The normalized spacial score (nSPS) is 13.5. The van der Waals surface area contributed by atoms with E-state index in [1.54, 1.807) is 23.8 Å². The Kier molecular flexibility index (Phi) is 56.6. The maximum atomic E-state index is 11.1. The summed E-state index contributed by atoms with van der Waals surface area (Å²) in [6, 6.07) is 0. The fourth-order valence-electron chi connectivity index (χ4n) is 7.06. The number of carbonyl (C=O) groups is 1. The summed E-state index contributed by atoms with van der Waals surface area (Å²) in [7, 11) is -0.867. The van der Waals surface area contributed by atoms with Crippen LogP contribution in [-0.2, 0) is 4.79 Å². The van der Waals surface area contributed by atoms with Crippen LogP contribution in [0.2, 0.25) is 90.7 Å². The molecule has 0 saturated heterocycles. The van der Waals surface area contributed by atoms with Crippen molar-refractivity contribution in [2.24, 2.45) is 0 Å². The van der Waals surface area contributed by atoms with Crippen molar-refractivity contribution in [1.29, 1.82) is 0 Å². The number of rotatable bonds is 27. The Morgan fingerprint density at radius 2 is 1.08 bits per heavy atom. The van der Waals surface area contributed by atoms with Gasteiger partial charge in [-0.15, -0.1) is 12.3 Å². The third-order valence-electron chi connectivity index (χ3n) is 12.4. The van der Waals surface area contributed by atoms with Gasteiger partial charge in [0, 0.05) is 0 Å². The first-order valence-corrected chi connectivity index (χ1v) is 75.5. The molecule has 0 saturated carbocycles. The zero-order valence-electron chi connectivity index (χ0n) is 49.7. The van der Waals surface area contributed by atoms with Crippen molar-refractivity contribution >= 4 is 107 Å². The third-order valence-corrected chi connectivity index (χ3v) is 55.1. The number of carboxylic acid groups (broad SMARTS) is 1. The van der Waals surface area contributed by atoms with Crippen molar-refractivity contribution in [3.8, 4) is 0 Å². The Morgan fingerprint density at radius 3 is 1.30 bits per heavy atom. The summed E-state index contributed by atoms with van der Waals surface area (Å²) in [6.07, 6.45) is 33.1. The minimum atomic E-state index is -2.41. The van der Waals surface area contributed by atoms with E-state index in [0.29, 0.717) is 5.57 Å². The molecule has 0 aromatic carbocycles. The molecule has 0 aliphatic heterocycles. The summed E-state index contributed by atoms with van der Waals surface area (Å²) in [4.78, 5) is 33.2. The first-order chi connectivity index (χ1) is 30.6. The van der Waals surface area contributed by atoms with Gasteiger partial charge in [-0.2, -0.15) is 0 Å². The number of hydrogen-bond acceptors (Lipinski definition) is 2. The second-order valence-corrected chi connectivity index (χ2v) is 94.6. The average Bonchev–Trinajstić information content (AvgIpc) is 3.25. The first-order valence-electron chi connectivity index (χ1n) is 28.0. The molecule has 1 rings (SSSR count). The second-order valence-electron chi connectivity index (χ2n) is 23.8. The fourth-order valence-corrected chi connectivity index (χ4v) is 41.7. The Morgan fingerprint density at radius 1 is 0.682 bits per heavy atom. The van der Waals surface area contributed by atoms with Crippen molar-refractivity contribution in [3.63, 3.8) is 0 Å². The zero-order chi connectivity index (χ0) is 52.3. The quantitative estimate of drug-likeness (QED) is 0.0467. The van der Waals surface area contributed by atoms with Gasteiger partial charge in [-0.1, -0.05) is 19.6 Å². The van der Waals surface area contributed by atoms with Crippen LogP contribution in [0.5, 0.6) is 0 Å². The maximum absolute atomic E-state index is 11.1. The van der Waals surface area contributed by atoms with Gasteiger partial charge >= 0.3 is 411 Å². The van der Waals surface area contributed by atoms with E-state index in [1.807, 2.05) is 3.59 Å². The van der Waals surface area contributed by atoms with E-state index in [-0.39, 0.29) is 0 Å². The van der Waals surface area contributed by atoms with Gasteiger partial charge in [0.15, 0.2) is 0 Å². The van der Waals surface area contributed by atoms with Gasteiger partial charge in [0.25, 0.3) is 0 Å². The first kappa shape index (κ1) is 77.3. The Balaban J connectivity index is -0.000000234. The predicted molar refractivity (Wildman–Crippen MR) is 327 cm³/mol. The summed E-state index contributed by atoms with van der Waals surface area (Å²) >= 11 is -7.90. The molecule has 0 aromatic rings. The molecule has 392 valence electrons. The topological polar surface area (TPSA) is 40.1 Å². The molecule has 0 unspecified atom stereocenters. The van der Waals surface area contributed by atoms with Crippen LogP contribution in [0.3, 0.4) is 0 Å². The van der Waals surface area contributed by atoms with Crippen LogP contribution in [0.4, 0.5) is 0 Å².